The summed E-state index contributed by atoms with van der Waals surface area (Å²) in [6, 6.07) is 21.8. The van der Waals surface area contributed by atoms with Crippen molar-refractivity contribution < 1.29 is 117 Å². The van der Waals surface area contributed by atoms with Crippen LogP contribution in [0.3, 0.4) is 0 Å². The predicted molar refractivity (Wildman–Crippen MR) is 345 cm³/mol. The number of aliphatic carboxylic acids is 4. The van der Waals surface area contributed by atoms with Crippen molar-refractivity contribution in [2.75, 3.05) is 0 Å². The number of carboxylic acid groups (broad SMARTS) is 4. The number of benzene rings is 4. The van der Waals surface area contributed by atoms with Crippen molar-refractivity contribution in [3.8, 4) is 0 Å². The first-order valence-electron chi connectivity index (χ1n) is 36.6. The Kier molecular flexibility index (Phi) is 17.7. The molecule has 22 heteroatoms. The van der Waals surface area contributed by atoms with Crippen LogP contribution in [0.25, 0.3) is 0 Å². The van der Waals surface area contributed by atoms with Gasteiger partial charge in [0.2, 0.25) is 0 Å². The second kappa shape index (κ2) is 25.7. The average Bonchev–Trinajstić information content (AvgIpc) is 1.33. The molecular formula is C80H80N4O16Rh2. The van der Waals surface area contributed by atoms with E-state index in [1.807, 2.05) is 0 Å². The summed E-state index contributed by atoms with van der Waals surface area (Å²) in [6.45, 7) is 0. The molecule has 0 aromatic heterocycles. The molecule has 0 N–H and O–H groups in total. The van der Waals surface area contributed by atoms with Crippen molar-refractivity contribution in [3.05, 3.63) is 142 Å². The summed E-state index contributed by atoms with van der Waals surface area (Å²) >= 11 is 0. The van der Waals surface area contributed by atoms with Gasteiger partial charge >= 0.3 is 39.0 Å². The van der Waals surface area contributed by atoms with Gasteiger partial charge in [-0.25, -0.2) is 0 Å². The van der Waals surface area contributed by atoms with Crippen molar-refractivity contribution in [1.82, 2.24) is 19.6 Å². The van der Waals surface area contributed by atoms with Crippen LogP contribution in [0.5, 0.6) is 0 Å². The minimum Gasteiger partial charge on any atom is -0.548 e. The van der Waals surface area contributed by atoms with Crippen molar-refractivity contribution in [3.63, 3.8) is 0 Å². The van der Waals surface area contributed by atoms with E-state index in [4.69, 9.17) is 0 Å². The molecule has 16 fully saturated rings. The van der Waals surface area contributed by atoms with E-state index in [9.17, 15) is 78.0 Å². The van der Waals surface area contributed by atoms with Gasteiger partial charge in [-0.15, -0.1) is 0 Å². The Bertz CT molecular complexity index is 3460. The Morgan fingerprint density at radius 1 is 0.245 bits per heavy atom. The topological polar surface area (TPSA) is 310 Å². The molecule has 20 aliphatic rings. The quantitative estimate of drug-likeness (QED) is 0.108. The third-order valence-electron chi connectivity index (χ3n) is 27.9. The number of amides is 8. The second-order valence-corrected chi connectivity index (χ2v) is 34.1. The van der Waals surface area contributed by atoms with E-state index in [2.05, 4.69) is 0 Å². The smallest absolute Gasteiger partial charge is 0.548 e. The molecule has 0 unspecified atom stereocenters. The zero-order valence-electron chi connectivity index (χ0n) is 56.4. The number of carbonyl (C=O) groups excluding carboxylic acids is 12. The monoisotopic (exact) mass is 1560 g/mol. The zero-order chi connectivity index (χ0) is 69.4. The Balaban J connectivity index is 0.000000109. The van der Waals surface area contributed by atoms with E-state index < -0.39 is 117 Å². The van der Waals surface area contributed by atoms with Gasteiger partial charge in [-0.2, -0.15) is 0 Å². The number of nitrogens with zero attached hydrogens (tertiary/aromatic N) is 4. The van der Waals surface area contributed by atoms with Gasteiger partial charge in [0.1, 0.15) is 0 Å². The molecular weight excluding hydrogens is 1480 g/mol. The largest absolute Gasteiger partial charge is 2.00 e. The number of carbonyl (C=O) groups is 12. The number of fused-ring (bicyclic) bond motifs is 4. The molecule has 16 aliphatic carbocycles. The van der Waals surface area contributed by atoms with Gasteiger partial charge in [0.25, 0.3) is 47.3 Å². The minimum atomic E-state index is -1.28. The number of carboxylic acids is 4. The van der Waals surface area contributed by atoms with E-state index >= 15 is 0 Å². The van der Waals surface area contributed by atoms with E-state index in [1.165, 1.54) is 77.0 Å². The van der Waals surface area contributed by atoms with Gasteiger partial charge in [0, 0.05) is 0 Å². The fourth-order valence-electron chi connectivity index (χ4n) is 26.3. The predicted octanol–water partition coefficient (Wildman–Crippen LogP) is 6.47. The van der Waals surface area contributed by atoms with Crippen LogP contribution >= 0.6 is 0 Å². The first kappa shape index (κ1) is 70.2. The van der Waals surface area contributed by atoms with Gasteiger partial charge in [-0.1, -0.05) is 48.5 Å². The summed E-state index contributed by atoms with van der Waals surface area (Å²) in [7, 11) is 0. The summed E-state index contributed by atoms with van der Waals surface area (Å²) in [6.07, 6.45) is 23.6. The molecule has 20 nitrogen and oxygen atoms in total. The number of rotatable bonds is 12. The molecule has 16 bridgehead atoms. The van der Waals surface area contributed by atoms with Crippen LogP contribution in [-0.2, 0) is 58.1 Å². The molecule has 24 rings (SSSR count). The van der Waals surface area contributed by atoms with Gasteiger partial charge < -0.3 is 39.6 Å². The standard InChI is InChI=1S/4C20H21NO4.2Rh/c4*22-17-14-3-1-2-4-15(14)18(23)21(17)16(19(24)25)20-8-11-5-12(9-20)7-13(6-11)10-20;;/h4*1-4,11-13,16H,5-10H2,(H,24,25);;/q;;;;2*+2/p-4/t4*11?,12?,13?,16-,20?;;/m1111../s1. The maximum Gasteiger partial charge on any atom is 2.00 e. The van der Waals surface area contributed by atoms with Crippen molar-refractivity contribution >= 4 is 71.1 Å². The molecule has 16 saturated carbocycles. The molecule has 4 aromatic rings. The first-order valence-corrected chi connectivity index (χ1v) is 36.6. The van der Waals surface area contributed by atoms with E-state index in [-0.39, 0.29) is 39.0 Å². The Labute approximate surface area is 616 Å². The molecule has 4 heterocycles. The minimum absolute atomic E-state index is 0. The summed E-state index contributed by atoms with van der Waals surface area (Å²) in [5.74, 6) is -2.60. The third kappa shape index (κ3) is 11.1. The van der Waals surface area contributed by atoms with E-state index in [0.29, 0.717) is 116 Å². The Morgan fingerprint density at radius 3 is 0.451 bits per heavy atom. The first-order chi connectivity index (χ1) is 47.9. The van der Waals surface area contributed by atoms with Crippen molar-refractivity contribution in [2.24, 2.45) is 92.7 Å². The Hall–Kier alpha value is -7.43. The van der Waals surface area contributed by atoms with Crippen LogP contribution < -0.4 is 20.4 Å². The van der Waals surface area contributed by atoms with Crippen LogP contribution in [0.2, 0.25) is 0 Å². The zero-order valence-corrected chi connectivity index (χ0v) is 59.7. The van der Waals surface area contributed by atoms with Crippen molar-refractivity contribution in [1.29, 1.82) is 0 Å². The summed E-state index contributed by atoms with van der Waals surface area (Å²) in [4.78, 5) is 156. The SMILES string of the molecule is O=C([O-])[C@@H](N1C(=O)c2ccccc2C1=O)C12CC3CC(CC(C3)C1)C2.O=C([O-])[C@@H](N1C(=O)c2ccccc2C1=O)C12CC3CC(CC(C3)C1)C2.O=C([O-])[C@@H](N1C(=O)c2ccccc2C1=O)C12CC3CC(CC(C3)C1)C2.O=C([O-])[C@@H](N1C(=O)c2ccccc2C1=O)C12CC3CC(CC(C3)C1)C2.[Rh+2].[Rh+2]. The normalized spacial score (nSPS) is 35.9. The van der Waals surface area contributed by atoms with Gasteiger partial charge in [0.05, 0.1) is 92.6 Å². The van der Waals surface area contributed by atoms with Gasteiger partial charge in [0.15, 0.2) is 0 Å². The maximum atomic E-state index is 12.9. The molecule has 534 valence electrons. The number of imide groups is 4. The third-order valence-corrected chi connectivity index (χ3v) is 27.9. The van der Waals surface area contributed by atoms with Crippen LogP contribution in [0.4, 0.5) is 0 Å². The summed E-state index contributed by atoms with van der Waals surface area (Å²) < 4.78 is 0. The van der Waals surface area contributed by atoms with Gasteiger partial charge in [-0.3, -0.25) is 58.0 Å². The molecule has 0 saturated heterocycles. The van der Waals surface area contributed by atoms with Crippen LogP contribution in [-0.4, -0.2) is 115 Å². The van der Waals surface area contributed by atoms with Crippen molar-refractivity contribution in [2.45, 2.75) is 178 Å². The second-order valence-electron chi connectivity index (χ2n) is 34.1. The summed E-state index contributed by atoms with van der Waals surface area (Å²) in [5, 5.41) is 48.7. The molecule has 4 aliphatic heterocycles. The molecule has 2 radical (unpaired) electrons. The van der Waals surface area contributed by atoms with Crippen LogP contribution in [0.1, 0.15) is 237 Å². The van der Waals surface area contributed by atoms with Gasteiger partial charge in [-0.05, 0) is 295 Å². The Morgan fingerprint density at radius 2 is 0.353 bits per heavy atom. The van der Waals surface area contributed by atoms with E-state index in [1.54, 1.807) is 97.1 Å². The fourth-order valence-corrected chi connectivity index (χ4v) is 26.3. The van der Waals surface area contributed by atoms with Crippen LogP contribution in [0.15, 0.2) is 97.1 Å². The maximum absolute atomic E-state index is 12.9. The molecule has 4 aromatic carbocycles. The molecule has 102 heavy (non-hydrogen) atoms. The molecule has 4 atom stereocenters. The van der Waals surface area contributed by atoms with Crippen LogP contribution in [0, 0.1) is 92.7 Å². The number of hydrogen-bond acceptors (Lipinski definition) is 16. The summed E-state index contributed by atoms with van der Waals surface area (Å²) in [5.41, 5.74) is 0.474. The number of hydrogen-bond donors (Lipinski definition) is 0. The van der Waals surface area contributed by atoms with E-state index in [0.717, 1.165) is 96.6 Å². The fraction of sp³-hybridized carbons (Fsp3) is 0.550. The molecule has 0 spiro atoms. The molecule has 8 amide bonds. The average molecular weight is 1560 g/mol.